The second-order valence-corrected chi connectivity index (χ2v) is 10.3. The molecule has 13 heteroatoms. The molecule has 10 nitrogen and oxygen atoms in total. The van der Waals surface area contributed by atoms with Crippen molar-refractivity contribution in [3.05, 3.63) is 59.8 Å². The maximum Gasteiger partial charge on any atom is 0.418 e. The van der Waals surface area contributed by atoms with Crippen LogP contribution in [0.2, 0.25) is 0 Å². The Bertz CT molecular complexity index is 1430. The summed E-state index contributed by atoms with van der Waals surface area (Å²) in [6.07, 6.45) is 1.91. The van der Waals surface area contributed by atoms with Gasteiger partial charge < -0.3 is 25.3 Å². The van der Waals surface area contributed by atoms with E-state index in [0.717, 1.165) is 6.20 Å². The van der Waals surface area contributed by atoms with Gasteiger partial charge in [-0.25, -0.2) is 27.5 Å². The Morgan fingerprint density at radius 3 is 2.81 bits per heavy atom. The molecular formula is C24H25F2N5O5S. The van der Waals surface area contributed by atoms with E-state index in [9.17, 15) is 17.8 Å². The van der Waals surface area contributed by atoms with Gasteiger partial charge in [-0.15, -0.1) is 0 Å². The molecule has 4 bridgehead atoms. The average Bonchev–Trinajstić information content (AvgIpc) is 2.83. The van der Waals surface area contributed by atoms with Gasteiger partial charge in [0.1, 0.15) is 35.6 Å². The van der Waals surface area contributed by atoms with Crippen LogP contribution in [0.1, 0.15) is 12.0 Å². The summed E-state index contributed by atoms with van der Waals surface area (Å²) in [5, 5.41) is 4.32. The zero-order valence-electron chi connectivity index (χ0n) is 19.8. The van der Waals surface area contributed by atoms with Crippen molar-refractivity contribution in [2.24, 2.45) is 5.73 Å². The van der Waals surface area contributed by atoms with Gasteiger partial charge in [0.2, 0.25) is 5.88 Å². The van der Waals surface area contributed by atoms with Crippen molar-refractivity contribution in [3.63, 3.8) is 0 Å². The van der Waals surface area contributed by atoms with E-state index in [1.165, 1.54) is 35.9 Å². The fraction of sp³-hybridized carbons (Fsp3) is 0.250. The molecular weight excluding hydrogens is 508 g/mol. The van der Waals surface area contributed by atoms with Crippen LogP contribution < -0.4 is 25.2 Å². The molecule has 4 N–H and O–H groups in total. The van der Waals surface area contributed by atoms with E-state index in [0.29, 0.717) is 17.5 Å². The normalized spacial score (nSPS) is 14.4. The summed E-state index contributed by atoms with van der Waals surface area (Å²) in [4.78, 5) is 20.3. The Morgan fingerprint density at radius 2 is 2.00 bits per heavy atom. The molecule has 0 aliphatic carbocycles. The van der Waals surface area contributed by atoms with Gasteiger partial charge in [-0.05, 0) is 29.8 Å². The highest BCUT2D eigenvalue weighted by atomic mass is 32.2. The standard InChI is InChI=1S/C24H25F2N5O5S/c1-37(33,31-24(32)36-8-5-27)14-15-9-22-29-21-12-18(19(26)13-28-21)17-4-3-16(25)11-20(17)34-6-2-7-35-23(10-15)30-22/h3-4,9-14H,2,5-8,27H2,1H3,(H,28,29,30)(H,31,32,33). The number of benzene rings is 1. The summed E-state index contributed by atoms with van der Waals surface area (Å²) in [5.41, 5.74) is 6.24. The van der Waals surface area contributed by atoms with Crippen LogP contribution in [-0.2, 0) is 14.4 Å². The van der Waals surface area contributed by atoms with E-state index < -0.39 is 27.4 Å². The molecule has 196 valence electrons. The third-order valence-corrected chi connectivity index (χ3v) is 6.26. The second-order valence-electron chi connectivity index (χ2n) is 8.04. The number of nitrogens with two attached hydrogens (primary N) is 1. The zero-order valence-corrected chi connectivity index (χ0v) is 20.6. The molecule has 2 aromatic heterocycles. The van der Waals surface area contributed by atoms with E-state index in [2.05, 4.69) is 20.0 Å². The van der Waals surface area contributed by atoms with Crippen molar-refractivity contribution in [1.82, 2.24) is 14.7 Å². The van der Waals surface area contributed by atoms with E-state index >= 15 is 0 Å². The van der Waals surface area contributed by atoms with Crippen molar-refractivity contribution in [1.29, 1.82) is 0 Å². The van der Waals surface area contributed by atoms with E-state index in [1.54, 1.807) is 12.1 Å². The predicted octanol–water partition coefficient (Wildman–Crippen LogP) is 2.99. The van der Waals surface area contributed by atoms with Crippen molar-refractivity contribution < 1.29 is 32.0 Å². The number of anilines is 2. The molecule has 3 aromatic rings. The third kappa shape index (κ3) is 7.05. The van der Waals surface area contributed by atoms with Crippen LogP contribution in [-0.4, -0.2) is 58.3 Å². The predicted molar refractivity (Wildman–Crippen MR) is 135 cm³/mol. The van der Waals surface area contributed by atoms with Gasteiger partial charge in [0.05, 0.1) is 29.1 Å². The fourth-order valence-electron chi connectivity index (χ4n) is 3.47. The van der Waals surface area contributed by atoms with Crippen LogP contribution in [0.25, 0.3) is 11.1 Å². The molecule has 1 unspecified atom stereocenters. The minimum absolute atomic E-state index is 0.0154. The second kappa shape index (κ2) is 11.4. The first kappa shape index (κ1) is 26.1. The van der Waals surface area contributed by atoms with Crippen LogP contribution in [0.15, 0.2) is 42.6 Å². The lowest BCUT2D eigenvalue weighted by molar-refractivity contribution is 0.156. The van der Waals surface area contributed by atoms with Crippen molar-refractivity contribution in [2.75, 3.05) is 37.9 Å². The molecule has 0 fully saturated rings. The lowest BCUT2D eigenvalue weighted by atomic mass is 10.0. The van der Waals surface area contributed by atoms with Crippen LogP contribution in [0.3, 0.4) is 0 Å². The summed E-state index contributed by atoms with van der Waals surface area (Å²) < 4.78 is 60.2. The van der Waals surface area contributed by atoms with Gasteiger partial charge in [0.15, 0.2) is 0 Å². The fourth-order valence-corrected chi connectivity index (χ4v) is 4.57. The van der Waals surface area contributed by atoms with Crippen LogP contribution >= 0.6 is 0 Å². The highest BCUT2D eigenvalue weighted by Gasteiger charge is 2.16. The summed E-state index contributed by atoms with van der Waals surface area (Å²) in [6.45, 7) is 0.487. The molecule has 0 spiro atoms. The molecule has 1 amide bonds. The molecule has 1 atom stereocenters. The lowest BCUT2D eigenvalue weighted by Crippen LogP contribution is -2.32. The maximum atomic E-state index is 14.7. The van der Waals surface area contributed by atoms with Gasteiger partial charge in [-0.1, -0.05) is 0 Å². The summed E-state index contributed by atoms with van der Waals surface area (Å²) >= 11 is 0. The number of ether oxygens (including phenoxy) is 3. The molecule has 1 aliphatic heterocycles. The number of hydrogen-bond acceptors (Lipinski definition) is 9. The number of aromatic nitrogens is 2. The SMILES string of the molecule is CS(=O)(=Cc1cc2nc(c1)OCCCOc1cc(F)ccc1-c1cc(ncc1F)N2)NC(=O)OCCN. The lowest BCUT2D eigenvalue weighted by Gasteiger charge is -2.16. The highest BCUT2D eigenvalue weighted by Crippen LogP contribution is 2.34. The Balaban J connectivity index is 1.72. The van der Waals surface area contributed by atoms with Gasteiger partial charge in [0.25, 0.3) is 0 Å². The van der Waals surface area contributed by atoms with E-state index in [1.807, 2.05) is 0 Å². The summed E-state index contributed by atoms with van der Waals surface area (Å²) in [5.74, 6) is -0.241. The van der Waals surface area contributed by atoms with Crippen molar-refractivity contribution in [2.45, 2.75) is 6.42 Å². The van der Waals surface area contributed by atoms with Crippen molar-refractivity contribution in [3.8, 4) is 22.8 Å². The molecule has 37 heavy (non-hydrogen) atoms. The Kier molecular flexibility index (Phi) is 8.04. The number of amides is 1. The molecule has 1 aromatic carbocycles. The maximum absolute atomic E-state index is 14.7. The minimum Gasteiger partial charge on any atom is -0.493 e. The zero-order chi connectivity index (χ0) is 26.4. The molecule has 0 radical (unpaired) electrons. The van der Waals surface area contributed by atoms with Gasteiger partial charge in [0, 0.05) is 47.8 Å². The number of nitrogens with one attached hydrogen (secondary N) is 2. The number of carbonyl (C=O) groups excluding carboxylic acids is 1. The number of hydrogen-bond donors (Lipinski definition) is 3. The van der Waals surface area contributed by atoms with Crippen LogP contribution in [0.4, 0.5) is 25.2 Å². The number of rotatable bonds is 4. The first-order valence-electron chi connectivity index (χ1n) is 11.2. The molecule has 3 heterocycles. The van der Waals surface area contributed by atoms with E-state index in [4.69, 9.17) is 19.9 Å². The van der Waals surface area contributed by atoms with Crippen LogP contribution in [0, 0.1) is 11.6 Å². The van der Waals surface area contributed by atoms with Crippen molar-refractivity contribution >= 4 is 32.8 Å². The third-order valence-electron chi connectivity index (χ3n) is 4.96. The Morgan fingerprint density at radius 1 is 1.19 bits per heavy atom. The number of fused-ring (bicyclic) bond motifs is 6. The summed E-state index contributed by atoms with van der Waals surface area (Å²) in [7, 11) is -3.01. The molecule has 1 aliphatic rings. The smallest absolute Gasteiger partial charge is 0.418 e. The average molecular weight is 534 g/mol. The van der Waals surface area contributed by atoms with Gasteiger partial charge in [-0.3, -0.25) is 0 Å². The first-order chi connectivity index (χ1) is 17.7. The van der Waals surface area contributed by atoms with E-state index in [-0.39, 0.29) is 55.2 Å². The number of pyridine rings is 2. The van der Waals surface area contributed by atoms with Gasteiger partial charge in [-0.2, -0.15) is 4.98 Å². The van der Waals surface area contributed by atoms with Crippen LogP contribution in [0.5, 0.6) is 11.6 Å². The number of carbonyl (C=O) groups is 1. The molecule has 0 saturated carbocycles. The first-order valence-corrected chi connectivity index (χ1v) is 13.2. The summed E-state index contributed by atoms with van der Waals surface area (Å²) in [6, 6.07) is 8.40. The number of halogens is 2. The number of nitrogens with zero attached hydrogens (tertiary/aromatic N) is 2. The highest BCUT2D eigenvalue weighted by molar-refractivity contribution is 7.99. The largest absolute Gasteiger partial charge is 0.493 e. The Labute approximate surface area is 212 Å². The molecule has 0 saturated heterocycles. The topological polar surface area (TPSA) is 138 Å². The monoisotopic (exact) mass is 533 g/mol. The van der Waals surface area contributed by atoms with Gasteiger partial charge >= 0.3 is 6.09 Å². The molecule has 4 rings (SSSR count). The quantitative estimate of drug-likeness (QED) is 0.432. The Hall–Kier alpha value is -3.97. The minimum atomic E-state index is -3.01.